The van der Waals surface area contributed by atoms with Crippen LogP contribution < -0.4 is 4.90 Å². The van der Waals surface area contributed by atoms with Gasteiger partial charge in [0.1, 0.15) is 0 Å². The second-order valence-electron chi connectivity index (χ2n) is 2.90. The molecule has 0 aromatic heterocycles. The standard InChI is InChI=1S/C11H14N2/c1-4-12-9-13(3)11-7-5-6-10(2)8-11/h4-9H,1H2,2-3H3/b12-9-. The summed E-state index contributed by atoms with van der Waals surface area (Å²) in [6.45, 7) is 5.59. The summed E-state index contributed by atoms with van der Waals surface area (Å²) >= 11 is 0. The Hall–Kier alpha value is -1.57. The predicted molar refractivity (Wildman–Crippen MR) is 58.3 cm³/mol. The minimum absolute atomic E-state index is 1.13. The van der Waals surface area contributed by atoms with Gasteiger partial charge in [0, 0.05) is 18.9 Å². The van der Waals surface area contributed by atoms with Gasteiger partial charge in [-0.15, -0.1) is 0 Å². The molecule has 0 fully saturated rings. The highest BCUT2D eigenvalue weighted by Gasteiger charge is 1.95. The molecular weight excluding hydrogens is 160 g/mol. The van der Waals surface area contributed by atoms with Gasteiger partial charge in [-0.25, -0.2) is 4.99 Å². The van der Waals surface area contributed by atoms with Crippen molar-refractivity contribution in [2.24, 2.45) is 4.99 Å². The van der Waals surface area contributed by atoms with Crippen LogP contribution >= 0.6 is 0 Å². The van der Waals surface area contributed by atoms with E-state index < -0.39 is 0 Å². The van der Waals surface area contributed by atoms with Crippen molar-refractivity contribution in [2.75, 3.05) is 11.9 Å². The number of aryl methyl sites for hydroxylation is 1. The maximum Gasteiger partial charge on any atom is 0.0946 e. The van der Waals surface area contributed by atoms with E-state index in [1.165, 1.54) is 11.8 Å². The van der Waals surface area contributed by atoms with Gasteiger partial charge in [0.25, 0.3) is 0 Å². The van der Waals surface area contributed by atoms with E-state index in [1.807, 2.05) is 24.1 Å². The zero-order chi connectivity index (χ0) is 9.68. The van der Waals surface area contributed by atoms with Crippen LogP contribution in [0.4, 0.5) is 5.69 Å². The lowest BCUT2D eigenvalue weighted by molar-refractivity contribution is 1.27. The zero-order valence-electron chi connectivity index (χ0n) is 8.07. The van der Waals surface area contributed by atoms with Crippen LogP contribution in [0.5, 0.6) is 0 Å². The van der Waals surface area contributed by atoms with Crippen LogP contribution in [-0.2, 0) is 0 Å². The Morgan fingerprint density at radius 2 is 2.23 bits per heavy atom. The number of hydrogen-bond donors (Lipinski definition) is 0. The van der Waals surface area contributed by atoms with Crippen LogP contribution in [0.1, 0.15) is 5.56 Å². The third-order valence-electron chi connectivity index (χ3n) is 1.75. The Bertz CT molecular complexity index is 316. The van der Waals surface area contributed by atoms with Crippen LogP contribution in [-0.4, -0.2) is 13.4 Å². The predicted octanol–water partition coefficient (Wildman–Crippen LogP) is 2.60. The SMILES string of the molecule is C=C/N=C\N(C)c1cccc(C)c1. The monoisotopic (exact) mass is 174 g/mol. The summed E-state index contributed by atoms with van der Waals surface area (Å²) < 4.78 is 0. The maximum atomic E-state index is 3.94. The van der Waals surface area contributed by atoms with Gasteiger partial charge in [0.15, 0.2) is 0 Å². The van der Waals surface area contributed by atoms with Gasteiger partial charge in [-0.1, -0.05) is 18.7 Å². The quantitative estimate of drug-likeness (QED) is 0.508. The number of hydrogen-bond acceptors (Lipinski definition) is 1. The fourth-order valence-electron chi connectivity index (χ4n) is 1.06. The summed E-state index contributed by atoms with van der Waals surface area (Å²) in [5.41, 5.74) is 2.38. The second kappa shape index (κ2) is 4.45. The largest absolute Gasteiger partial charge is 0.336 e. The van der Waals surface area contributed by atoms with Crippen molar-refractivity contribution in [3.05, 3.63) is 42.6 Å². The van der Waals surface area contributed by atoms with E-state index in [9.17, 15) is 0 Å². The van der Waals surface area contributed by atoms with Gasteiger partial charge in [0.05, 0.1) is 6.34 Å². The first-order valence-corrected chi connectivity index (χ1v) is 4.18. The number of rotatable bonds is 3. The molecule has 0 radical (unpaired) electrons. The molecule has 0 saturated carbocycles. The molecule has 0 aliphatic rings. The average molecular weight is 174 g/mol. The van der Waals surface area contributed by atoms with Gasteiger partial charge in [-0.05, 0) is 24.6 Å². The van der Waals surface area contributed by atoms with E-state index in [0.717, 1.165) is 5.69 Å². The van der Waals surface area contributed by atoms with Gasteiger partial charge < -0.3 is 4.90 Å². The molecule has 13 heavy (non-hydrogen) atoms. The number of aliphatic imine (C=N–C) groups is 1. The normalized spacial score (nSPS) is 10.3. The molecule has 1 rings (SSSR count). The first-order valence-electron chi connectivity index (χ1n) is 4.18. The molecule has 0 amide bonds. The zero-order valence-corrected chi connectivity index (χ0v) is 8.07. The highest BCUT2D eigenvalue weighted by molar-refractivity contribution is 5.78. The Kier molecular flexibility index (Phi) is 3.26. The first-order chi connectivity index (χ1) is 6.24. The number of anilines is 1. The van der Waals surface area contributed by atoms with Crippen molar-refractivity contribution in [3.63, 3.8) is 0 Å². The summed E-state index contributed by atoms with van der Waals surface area (Å²) in [6.07, 6.45) is 3.26. The van der Waals surface area contributed by atoms with Crippen molar-refractivity contribution in [1.82, 2.24) is 0 Å². The summed E-state index contributed by atoms with van der Waals surface area (Å²) in [4.78, 5) is 5.90. The third kappa shape index (κ3) is 2.75. The minimum Gasteiger partial charge on any atom is -0.336 e. The Balaban J connectivity index is 2.82. The molecular formula is C11H14N2. The van der Waals surface area contributed by atoms with Crippen LogP contribution in [0.25, 0.3) is 0 Å². The molecule has 2 nitrogen and oxygen atoms in total. The van der Waals surface area contributed by atoms with E-state index in [2.05, 4.69) is 30.6 Å². The molecule has 0 saturated heterocycles. The summed E-state index contributed by atoms with van der Waals surface area (Å²) in [5.74, 6) is 0. The van der Waals surface area contributed by atoms with E-state index in [0.29, 0.717) is 0 Å². The van der Waals surface area contributed by atoms with Crippen LogP contribution in [0.15, 0.2) is 42.0 Å². The molecule has 1 aromatic carbocycles. The van der Waals surface area contributed by atoms with Crippen LogP contribution in [0.2, 0.25) is 0 Å². The van der Waals surface area contributed by atoms with Gasteiger partial charge in [-0.3, -0.25) is 0 Å². The topological polar surface area (TPSA) is 15.6 Å². The Morgan fingerprint density at radius 1 is 1.46 bits per heavy atom. The molecule has 0 N–H and O–H groups in total. The second-order valence-corrected chi connectivity index (χ2v) is 2.90. The minimum atomic E-state index is 1.13. The number of benzene rings is 1. The van der Waals surface area contributed by atoms with E-state index >= 15 is 0 Å². The number of nitrogens with zero attached hydrogens (tertiary/aromatic N) is 2. The smallest absolute Gasteiger partial charge is 0.0946 e. The molecule has 0 atom stereocenters. The third-order valence-corrected chi connectivity index (χ3v) is 1.75. The molecule has 1 aromatic rings. The van der Waals surface area contributed by atoms with Gasteiger partial charge in [-0.2, -0.15) is 0 Å². The fraction of sp³-hybridized carbons (Fsp3) is 0.182. The molecule has 0 bridgehead atoms. The molecule has 2 heteroatoms. The fourth-order valence-corrected chi connectivity index (χ4v) is 1.06. The summed E-state index contributed by atoms with van der Waals surface area (Å²) in [7, 11) is 1.96. The first kappa shape index (κ1) is 9.52. The lowest BCUT2D eigenvalue weighted by Gasteiger charge is -2.12. The van der Waals surface area contributed by atoms with E-state index in [-0.39, 0.29) is 0 Å². The summed E-state index contributed by atoms with van der Waals surface area (Å²) in [6, 6.07) is 8.25. The molecule has 0 spiro atoms. The van der Waals surface area contributed by atoms with E-state index in [4.69, 9.17) is 0 Å². The highest BCUT2D eigenvalue weighted by atomic mass is 15.1. The van der Waals surface area contributed by atoms with E-state index in [1.54, 1.807) is 6.34 Å². The van der Waals surface area contributed by atoms with Crippen molar-refractivity contribution >= 4 is 12.0 Å². The lowest BCUT2D eigenvalue weighted by atomic mass is 10.2. The van der Waals surface area contributed by atoms with Crippen LogP contribution in [0, 0.1) is 6.92 Å². The molecule has 68 valence electrons. The van der Waals surface area contributed by atoms with Crippen molar-refractivity contribution < 1.29 is 0 Å². The van der Waals surface area contributed by atoms with Crippen molar-refractivity contribution in [3.8, 4) is 0 Å². The van der Waals surface area contributed by atoms with Crippen molar-refractivity contribution in [2.45, 2.75) is 6.92 Å². The summed E-state index contributed by atoms with van der Waals surface area (Å²) in [5, 5.41) is 0. The highest BCUT2D eigenvalue weighted by Crippen LogP contribution is 2.12. The molecule has 0 heterocycles. The Labute approximate surface area is 79.2 Å². The van der Waals surface area contributed by atoms with Crippen LogP contribution in [0.3, 0.4) is 0 Å². The maximum absolute atomic E-state index is 3.94. The Morgan fingerprint density at radius 3 is 2.85 bits per heavy atom. The van der Waals surface area contributed by atoms with Gasteiger partial charge >= 0.3 is 0 Å². The molecule has 0 aliphatic carbocycles. The van der Waals surface area contributed by atoms with Gasteiger partial charge in [0.2, 0.25) is 0 Å². The average Bonchev–Trinajstić information content (AvgIpc) is 2.14. The lowest BCUT2D eigenvalue weighted by Crippen LogP contribution is -2.13. The molecule has 0 aliphatic heterocycles. The molecule has 0 unspecified atom stereocenters. The van der Waals surface area contributed by atoms with Crippen molar-refractivity contribution in [1.29, 1.82) is 0 Å².